The van der Waals surface area contributed by atoms with Crippen molar-refractivity contribution in [2.24, 2.45) is 0 Å². The molecule has 2 N–H and O–H groups in total. The molecule has 12 heavy (non-hydrogen) atoms. The smallest absolute Gasteiger partial charge is 0.290 e. The predicted molar refractivity (Wildman–Crippen MR) is 39.8 cm³/mol. The van der Waals surface area contributed by atoms with Crippen LogP contribution >= 0.6 is 0 Å². The lowest BCUT2D eigenvalue weighted by molar-refractivity contribution is -0.510. The average molecular weight is 166 g/mol. The number of hydrogen-bond donors (Lipinski definition) is 1. The molecule has 0 bridgehead atoms. The van der Waals surface area contributed by atoms with Crippen LogP contribution in [-0.2, 0) is 14.4 Å². The van der Waals surface area contributed by atoms with Gasteiger partial charge in [-0.2, -0.15) is 0 Å². The van der Waals surface area contributed by atoms with E-state index in [0.29, 0.717) is 0 Å². The maximum absolute atomic E-state index is 11.0. The molecule has 0 radical (unpaired) electrons. The second kappa shape index (κ2) is 3.23. The molecule has 1 aliphatic carbocycles. The normalized spacial score (nSPS) is 16.2. The minimum Gasteiger partial charge on any atom is -0.290 e. The number of carbonyl (C=O) groups is 3. The maximum Gasteiger partial charge on any atom is 0.312 e. The van der Waals surface area contributed by atoms with Gasteiger partial charge in [0.2, 0.25) is 5.78 Å². The fourth-order valence-electron chi connectivity index (χ4n) is 0.858. The zero-order valence-electron chi connectivity index (χ0n) is 6.53. The topological polar surface area (TPSA) is 67.8 Å². The average Bonchev–Trinajstić information content (AvgIpc) is 1.96. The van der Waals surface area contributed by atoms with Gasteiger partial charge >= 0.3 is 5.91 Å². The molecule has 0 aromatic carbocycles. The number of ketones is 2. The van der Waals surface area contributed by atoms with Crippen molar-refractivity contribution < 1.29 is 19.7 Å². The highest BCUT2D eigenvalue weighted by atomic mass is 16.2. The molecule has 0 unspecified atom stereocenters. The molecule has 0 atom stereocenters. The van der Waals surface area contributed by atoms with Gasteiger partial charge in [-0.05, 0) is 12.2 Å². The van der Waals surface area contributed by atoms with Crippen molar-refractivity contribution >= 4 is 17.5 Å². The van der Waals surface area contributed by atoms with Crippen molar-refractivity contribution in [2.45, 2.75) is 6.92 Å². The molecular weight excluding hydrogens is 158 g/mol. The summed E-state index contributed by atoms with van der Waals surface area (Å²) in [5.41, 5.74) is 0.162. The summed E-state index contributed by atoms with van der Waals surface area (Å²) in [5.74, 6) is -0.801. The minimum absolute atomic E-state index is 0.162. The molecule has 0 aromatic heterocycles. The third kappa shape index (κ3) is 1.96. The summed E-state index contributed by atoms with van der Waals surface area (Å²) in [6.45, 7) is 1.33. The van der Waals surface area contributed by atoms with Gasteiger partial charge in [0.1, 0.15) is 0 Å². The van der Waals surface area contributed by atoms with E-state index < -0.39 is 0 Å². The van der Waals surface area contributed by atoms with Crippen molar-refractivity contribution in [1.82, 2.24) is 0 Å². The van der Waals surface area contributed by atoms with Gasteiger partial charge in [0.15, 0.2) is 11.5 Å². The highest BCUT2D eigenvalue weighted by molar-refractivity contribution is 6.16. The molecule has 0 saturated carbocycles. The summed E-state index contributed by atoms with van der Waals surface area (Å²) in [4.78, 5) is 32.3. The first-order valence-corrected chi connectivity index (χ1v) is 3.43. The third-order valence-electron chi connectivity index (χ3n) is 1.34. The maximum atomic E-state index is 11.0. The Morgan fingerprint density at radius 2 is 2.00 bits per heavy atom. The largest absolute Gasteiger partial charge is 0.312 e. The van der Waals surface area contributed by atoms with Crippen LogP contribution in [0.25, 0.3) is 0 Å². The molecule has 0 saturated heterocycles. The van der Waals surface area contributed by atoms with Crippen LogP contribution in [0.15, 0.2) is 23.9 Å². The minimum atomic E-state index is -0.301. The fraction of sp³-hybridized carbons (Fsp3) is 0.125. The Morgan fingerprint density at radius 1 is 1.33 bits per heavy atom. The number of carbonyl (C=O) groups excluding carboxylic acids is 3. The third-order valence-corrected chi connectivity index (χ3v) is 1.34. The van der Waals surface area contributed by atoms with Gasteiger partial charge in [0.25, 0.3) is 0 Å². The second-order valence-electron chi connectivity index (χ2n) is 2.45. The van der Waals surface area contributed by atoms with Gasteiger partial charge in [-0.3, -0.25) is 9.59 Å². The van der Waals surface area contributed by atoms with Crippen LogP contribution in [0.1, 0.15) is 6.92 Å². The zero-order chi connectivity index (χ0) is 9.14. The molecule has 4 heteroatoms. The number of quaternary nitrogens is 1. The van der Waals surface area contributed by atoms with E-state index in [1.165, 1.54) is 13.0 Å². The van der Waals surface area contributed by atoms with E-state index in [0.717, 1.165) is 17.5 Å². The Bertz CT molecular complexity index is 312. The first-order chi connectivity index (χ1) is 5.59. The van der Waals surface area contributed by atoms with Crippen LogP contribution < -0.4 is 5.32 Å². The molecule has 4 nitrogen and oxygen atoms in total. The van der Waals surface area contributed by atoms with Crippen molar-refractivity contribution in [3.8, 4) is 0 Å². The number of nitrogens with two attached hydrogens (primary N) is 1. The molecule has 62 valence electrons. The Hall–Kier alpha value is -1.55. The molecule has 0 fully saturated rings. The molecule has 0 heterocycles. The Labute approximate surface area is 68.9 Å². The SMILES string of the molecule is CC(=O)[NH2+]C1=CC(=O)C=CC1=O. The van der Waals surface area contributed by atoms with E-state index in [9.17, 15) is 14.4 Å². The van der Waals surface area contributed by atoms with E-state index >= 15 is 0 Å². The first kappa shape index (κ1) is 8.55. The number of amides is 1. The summed E-state index contributed by atoms with van der Waals surface area (Å²) in [6, 6.07) is 0. The van der Waals surface area contributed by atoms with Gasteiger partial charge in [0, 0.05) is 0 Å². The van der Waals surface area contributed by atoms with Gasteiger partial charge in [-0.25, -0.2) is 10.1 Å². The monoisotopic (exact) mass is 166 g/mol. The molecule has 0 spiro atoms. The standard InChI is InChI=1S/C8H7NO3/c1-5(10)9-7-4-6(11)2-3-8(7)12/h2-4H,1H3,(H,9,10)/p+1. The summed E-state index contributed by atoms with van der Waals surface area (Å²) in [6.07, 6.45) is 3.50. The van der Waals surface area contributed by atoms with Crippen LogP contribution in [0.4, 0.5) is 0 Å². The number of rotatable bonds is 1. The highest BCUT2D eigenvalue weighted by Crippen LogP contribution is 1.96. The fourth-order valence-corrected chi connectivity index (χ4v) is 0.858. The number of allylic oxidation sites excluding steroid dienone is 3. The van der Waals surface area contributed by atoms with Crippen molar-refractivity contribution in [2.75, 3.05) is 0 Å². The van der Waals surface area contributed by atoms with E-state index in [1.54, 1.807) is 0 Å². The highest BCUT2D eigenvalue weighted by Gasteiger charge is 2.18. The molecule has 1 aliphatic rings. The zero-order valence-corrected chi connectivity index (χ0v) is 6.53. The molecule has 0 aromatic rings. The van der Waals surface area contributed by atoms with Gasteiger partial charge < -0.3 is 0 Å². The van der Waals surface area contributed by atoms with Crippen LogP contribution in [0.2, 0.25) is 0 Å². The van der Waals surface area contributed by atoms with E-state index in [1.807, 2.05) is 0 Å². The van der Waals surface area contributed by atoms with Gasteiger partial charge in [-0.1, -0.05) is 0 Å². The second-order valence-corrected chi connectivity index (χ2v) is 2.45. The van der Waals surface area contributed by atoms with Crippen molar-refractivity contribution in [1.29, 1.82) is 0 Å². The van der Waals surface area contributed by atoms with E-state index in [2.05, 4.69) is 0 Å². The Balaban J connectivity index is 2.81. The van der Waals surface area contributed by atoms with Crippen LogP contribution in [0.5, 0.6) is 0 Å². The molecular formula is C8H8NO3+. The number of hydrogen-bond acceptors (Lipinski definition) is 3. The lowest BCUT2D eigenvalue weighted by Gasteiger charge is -2.00. The first-order valence-electron chi connectivity index (χ1n) is 3.43. The Kier molecular flexibility index (Phi) is 2.30. The Morgan fingerprint density at radius 3 is 2.58 bits per heavy atom. The summed E-state index contributed by atoms with van der Waals surface area (Å²) in [5, 5.41) is 1.16. The van der Waals surface area contributed by atoms with Crippen LogP contribution in [0.3, 0.4) is 0 Å². The van der Waals surface area contributed by atoms with Crippen LogP contribution in [-0.4, -0.2) is 17.5 Å². The lowest BCUT2D eigenvalue weighted by Crippen LogP contribution is -2.86. The lowest BCUT2D eigenvalue weighted by atomic mass is 10.1. The molecule has 1 rings (SSSR count). The molecule has 0 aliphatic heterocycles. The summed E-state index contributed by atoms with van der Waals surface area (Å²) in [7, 11) is 0. The van der Waals surface area contributed by atoms with E-state index in [-0.39, 0.29) is 23.2 Å². The van der Waals surface area contributed by atoms with Crippen LogP contribution in [0, 0.1) is 0 Å². The summed E-state index contributed by atoms with van der Waals surface area (Å²) >= 11 is 0. The van der Waals surface area contributed by atoms with Crippen molar-refractivity contribution in [3.63, 3.8) is 0 Å². The van der Waals surface area contributed by atoms with Gasteiger partial charge in [-0.15, -0.1) is 0 Å². The van der Waals surface area contributed by atoms with Gasteiger partial charge in [0.05, 0.1) is 13.0 Å². The van der Waals surface area contributed by atoms with E-state index in [4.69, 9.17) is 0 Å². The predicted octanol–water partition coefficient (Wildman–Crippen LogP) is -1.31. The van der Waals surface area contributed by atoms with Crippen molar-refractivity contribution in [3.05, 3.63) is 23.9 Å². The quantitative estimate of drug-likeness (QED) is 0.492. The molecule has 1 amide bonds. The summed E-state index contributed by atoms with van der Waals surface area (Å²) < 4.78 is 0. The number of primary amides is 1.